The van der Waals surface area contributed by atoms with Crippen molar-refractivity contribution in [3.8, 4) is 0 Å². The molecule has 62 valence electrons. The maximum atomic E-state index is 11.0. The average Bonchev–Trinajstić information content (AvgIpc) is 2.12. The monoisotopic (exact) mass is 163 g/mol. The van der Waals surface area contributed by atoms with Gasteiger partial charge in [0.25, 0.3) is 5.91 Å². The molecule has 1 N–H and O–H groups in total. The molecule has 0 spiro atoms. The molecule has 1 aromatic rings. The van der Waals surface area contributed by atoms with Crippen LogP contribution in [0, 0.1) is 0 Å². The minimum absolute atomic E-state index is 0.228. The van der Waals surface area contributed by atoms with Crippen LogP contribution in [0.2, 0.25) is 0 Å². The summed E-state index contributed by atoms with van der Waals surface area (Å²) in [5.41, 5.74) is 1.65. The Morgan fingerprint density at radius 3 is 2.83 bits per heavy atom. The topological polar surface area (TPSA) is 40.5 Å². The maximum absolute atomic E-state index is 11.0. The van der Waals surface area contributed by atoms with Gasteiger partial charge in [-0.05, 0) is 18.1 Å². The van der Waals surface area contributed by atoms with Crippen molar-refractivity contribution < 1.29 is 10.0 Å². The van der Waals surface area contributed by atoms with Crippen LogP contribution >= 0.6 is 0 Å². The Morgan fingerprint density at radius 1 is 1.25 bits per heavy atom. The molecular formula is C9H9NO2. The number of fused-ring (bicyclic) bond motifs is 1. The van der Waals surface area contributed by atoms with E-state index in [-0.39, 0.29) is 5.91 Å². The molecule has 0 atom stereocenters. The van der Waals surface area contributed by atoms with Gasteiger partial charge in [0, 0.05) is 6.42 Å². The van der Waals surface area contributed by atoms with E-state index in [1.807, 2.05) is 12.1 Å². The lowest BCUT2D eigenvalue weighted by Crippen LogP contribution is -2.31. The zero-order chi connectivity index (χ0) is 8.55. The maximum Gasteiger partial charge on any atom is 0.251 e. The Morgan fingerprint density at radius 2 is 2.00 bits per heavy atom. The van der Waals surface area contributed by atoms with Crippen LogP contribution in [0.25, 0.3) is 0 Å². The van der Waals surface area contributed by atoms with Crippen LogP contribution in [0.5, 0.6) is 0 Å². The lowest BCUT2D eigenvalue weighted by molar-refractivity contribution is -0.124. The van der Waals surface area contributed by atoms with E-state index in [1.165, 1.54) is 0 Å². The summed E-state index contributed by atoms with van der Waals surface area (Å²) in [4.78, 5) is 11.0. The van der Waals surface area contributed by atoms with Crippen molar-refractivity contribution in [3.63, 3.8) is 0 Å². The van der Waals surface area contributed by atoms with Gasteiger partial charge < -0.3 is 0 Å². The lowest BCUT2D eigenvalue weighted by Gasteiger charge is -2.22. The molecule has 0 unspecified atom stereocenters. The number of para-hydroxylation sites is 1. The van der Waals surface area contributed by atoms with Crippen LogP contribution < -0.4 is 5.06 Å². The summed E-state index contributed by atoms with van der Waals surface area (Å²) < 4.78 is 0. The fraction of sp³-hybridized carbons (Fsp3) is 0.222. The second-order valence-corrected chi connectivity index (χ2v) is 2.83. The van der Waals surface area contributed by atoms with Gasteiger partial charge in [-0.3, -0.25) is 10.0 Å². The highest BCUT2D eigenvalue weighted by molar-refractivity contribution is 5.94. The summed E-state index contributed by atoms with van der Waals surface area (Å²) in [6.45, 7) is 0. The van der Waals surface area contributed by atoms with Gasteiger partial charge in [-0.2, -0.15) is 5.06 Å². The van der Waals surface area contributed by atoms with Gasteiger partial charge in [0.2, 0.25) is 0 Å². The predicted molar refractivity (Wildman–Crippen MR) is 44.0 cm³/mol. The smallest absolute Gasteiger partial charge is 0.251 e. The van der Waals surface area contributed by atoms with Crippen molar-refractivity contribution in [3.05, 3.63) is 29.8 Å². The minimum Gasteiger partial charge on any atom is -0.281 e. The number of anilines is 1. The van der Waals surface area contributed by atoms with Crippen LogP contribution in [0.1, 0.15) is 12.0 Å². The minimum atomic E-state index is -0.228. The fourth-order valence-corrected chi connectivity index (χ4v) is 1.41. The second-order valence-electron chi connectivity index (χ2n) is 2.83. The number of amides is 1. The third-order valence-electron chi connectivity index (χ3n) is 2.06. The Labute approximate surface area is 70.2 Å². The first-order chi connectivity index (χ1) is 5.79. The first-order valence-electron chi connectivity index (χ1n) is 3.89. The van der Waals surface area contributed by atoms with E-state index in [4.69, 9.17) is 0 Å². The Bertz CT molecular complexity index is 322. The van der Waals surface area contributed by atoms with E-state index in [1.54, 1.807) is 12.1 Å². The van der Waals surface area contributed by atoms with Crippen LogP contribution in [0.3, 0.4) is 0 Å². The van der Waals surface area contributed by atoms with Crippen molar-refractivity contribution in [1.29, 1.82) is 0 Å². The summed E-state index contributed by atoms with van der Waals surface area (Å²) >= 11 is 0. The highest BCUT2D eigenvalue weighted by atomic mass is 16.5. The number of rotatable bonds is 0. The summed E-state index contributed by atoms with van der Waals surface area (Å²) in [5, 5.41) is 10.0. The molecule has 12 heavy (non-hydrogen) atoms. The molecule has 0 bridgehead atoms. The standard InChI is InChI=1S/C9H9NO2/c11-9-6-5-7-3-1-2-4-8(7)10(9)12/h1-4,12H,5-6H2. The van der Waals surface area contributed by atoms with Gasteiger partial charge >= 0.3 is 0 Å². The number of hydrogen-bond acceptors (Lipinski definition) is 2. The molecule has 0 saturated carbocycles. The van der Waals surface area contributed by atoms with Gasteiger partial charge in [-0.1, -0.05) is 18.2 Å². The number of hydroxylamine groups is 1. The zero-order valence-electron chi connectivity index (χ0n) is 6.53. The third-order valence-corrected chi connectivity index (χ3v) is 2.06. The molecule has 0 fully saturated rings. The van der Waals surface area contributed by atoms with E-state index >= 15 is 0 Å². The Balaban J connectivity index is 2.48. The van der Waals surface area contributed by atoms with Crippen molar-refractivity contribution in [1.82, 2.24) is 0 Å². The van der Waals surface area contributed by atoms with Gasteiger partial charge in [0.1, 0.15) is 0 Å². The molecular weight excluding hydrogens is 154 g/mol. The third kappa shape index (κ3) is 0.987. The van der Waals surface area contributed by atoms with E-state index in [0.717, 1.165) is 17.0 Å². The fourth-order valence-electron chi connectivity index (χ4n) is 1.41. The van der Waals surface area contributed by atoms with Gasteiger partial charge in [0.15, 0.2) is 0 Å². The van der Waals surface area contributed by atoms with Crippen LogP contribution in [0.4, 0.5) is 5.69 Å². The normalized spacial score (nSPS) is 16.1. The second kappa shape index (κ2) is 2.60. The summed E-state index contributed by atoms with van der Waals surface area (Å²) in [7, 11) is 0. The van der Waals surface area contributed by atoms with Crippen molar-refractivity contribution in [2.75, 3.05) is 5.06 Å². The van der Waals surface area contributed by atoms with Crippen LogP contribution in [-0.2, 0) is 11.2 Å². The molecule has 1 aromatic carbocycles. The Kier molecular flexibility index (Phi) is 1.59. The summed E-state index contributed by atoms with van der Waals surface area (Å²) in [6, 6.07) is 7.38. The molecule has 1 aliphatic rings. The lowest BCUT2D eigenvalue weighted by atomic mass is 10.0. The number of carbonyl (C=O) groups is 1. The van der Waals surface area contributed by atoms with Crippen molar-refractivity contribution in [2.24, 2.45) is 0 Å². The number of nitrogens with zero attached hydrogens (tertiary/aromatic N) is 1. The number of hydrogen-bond donors (Lipinski definition) is 1. The number of benzene rings is 1. The molecule has 3 heteroatoms. The van der Waals surface area contributed by atoms with Gasteiger partial charge in [0.05, 0.1) is 5.69 Å². The summed E-state index contributed by atoms with van der Waals surface area (Å²) in [6.07, 6.45) is 1.12. The molecule has 0 saturated heterocycles. The van der Waals surface area contributed by atoms with Crippen LogP contribution in [0.15, 0.2) is 24.3 Å². The van der Waals surface area contributed by atoms with Gasteiger partial charge in [-0.15, -0.1) is 0 Å². The molecule has 1 amide bonds. The van der Waals surface area contributed by atoms with E-state index in [2.05, 4.69) is 0 Å². The summed E-state index contributed by atoms with van der Waals surface area (Å²) in [5.74, 6) is -0.228. The molecule has 3 nitrogen and oxygen atoms in total. The molecule has 0 radical (unpaired) electrons. The van der Waals surface area contributed by atoms with E-state index in [9.17, 15) is 10.0 Å². The van der Waals surface area contributed by atoms with Crippen molar-refractivity contribution >= 4 is 11.6 Å². The van der Waals surface area contributed by atoms with Crippen LogP contribution in [-0.4, -0.2) is 11.1 Å². The first kappa shape index (κ1) is 7.31. The SMILES string of the molecule is O=C1CCc2ccccc2N1O. The largest absolute Gasteiger partial charge is 0.281 e. The molecule has 0 aliphatic carbocycles. The van der Waals surface area contributed by atoms with E-state index < -0.39 is 0 Å². The average molecular weight is 163 g/mol. The highest BCUT2D eigenvalue weighted by Gasteiger charge is 2.21. The van der Waals surface area contributed by atoms with Crippen molar-refractivity contribution in [2.45, 2.75) is 12.8 Å². The molecule has 1 heterocycles. The van der Waals surface area contributed by atoms with Gasteiger partial charge in [-0.25, -0.2) is 0 Å². The van der Waals surface area contributed by atoms with E-state index in [0.29, 0.717) is 12.1 Å². The molecule has 0 aromatic heterocycles. The first-order valence-corrected chi connectivity index (χ1v) is 3.89. The zero-order valence-corrected chi connectivity index (χ0v) is 6.53. The molecule has 1 aliphatic heterocycles. The number of carbonyl (C=O) groups excluding carboxylic acids is 1. The Hall–Kier alpha value is -1.35. The predicted octanol–water partition coefficient (Wildman–Crippen LogP) is 1.35. The quantitative estimate of drug-likeness (QED) is 0.586. The molecule has 2 rings (SSSR count). The highest BCUT2D eigenvalue weighted by Crippen LogP contribution is 2.25. The number of aryl methyl sites for hydroxylation is 1.